The Morgan fingerprint density at radius 2 is 1.90 bits per heavy atom. The van der Waals surface area contributed by atoms with E-state index in [9.17, 15) is 18.4 Å². The third-order valence-corrected chi connectivity index (χ3v) is 7.47. The Bertz CT molecular complexity index is 1600. The van der Waals surface area contributed by atoms with E-state index in [1.54, 1.807) is 44.2 Å². The lowest BCUT2D eigenvalue weighted by Crippen LogP contribution is -2.40. The number of nitrogens with zero attached hydrogens (tertiary/aromatic N) is 2. The Balaban J connectivity index is 1.92. The number of allylic oxidation sites excluding steroid dienone is 1. The SMILES string of the molecule is CCOC(=O)C1=C(C)N=c2s/c(=C/c3ccc(OC(F)F)cc3)c(=O)n2[C@@H]1c1cc(OCC)c(OC)cc1Br. The van der Waals surface area contributed by atoms with Crippen molar-refractivity contribution in [1.82, 2.24) is 4.57 Å². The number of fused-ring (bicyclic) bond motifs is 1. The van der Waals surface area contributed by atoms with Gasteiger partial charge >= 0.3 is 12.6 Å². The fraction of sp³-hybridized carbons (Fsp3) is 0.296. The molecule has 0 bridgehead atoms. The van der Waals surface area contributed by atoms with Gasteiger partial charge in [0.15, 0.2) is 16.3 Å². The predicted octanol–water partition coefficient (Wildman–Crippen LogP) is 4.57. The average molecular weight is 623 g/mol. The van der Waals surface area contributed by atoms with E-state index in [1.807, 2.05) is 6.92 Å². The van der Waals surface area contributed by atoms with Crippen LogP contribution in [0, 0.1) is 0 Å². The largest absolute Gasteiger partial charge is 0.493 e. The first kappa shape index (κ1) is 28.5. The minimum absolute atomic E-state index is 0.00720. The summed E-state index contributed by atoms with van der Waals surface area (Å²) in [6.45, 7) is 2.82. The third kappa shape index (κ3) is 5.91. The molecule has 8 nitrogen and oxygen atoms in total. The number of aromatic nitrogens is 1. The number of alkyl halides is 2. The molecular weight excluding hydrogens is 598 g/mol. The average Bonchev–Trinajstić information content (AvgIpc) is 3.19. The van der Waals surface area contributed by atoms with Gasteiger partial charge in [0.05, 0.1) is 42.2 Å². The Labute approximate surface area is 234 Å². The van der Waals surface area contributed by atoms with Gasteiger partial charge in [0.2, 0.25) is 0 Å². The lowest BCUT2D eigenvalue weighted by Gasteiger charge is -2.26. The van der Waals surface area contributed by atoms with Crippen LogP contribution >= 0.6 is 27.3 Å². The number of esters is 1. The van der Waals surface area contributed by atoms with E-state index in [0.717, 1.165) is 11.3 Å². The smallest absolute Gasteiger partial charge is 0.387 e. The summed E-state index contributed by atoms with van der Waals surface area (Å²) < 4.78 is 48.3. The van der Waals surface area contributed by atoms with E-state index < -0.39 is 18.6 Å². The van der Waals surface area contributed by atoms with Crippen LogP contribution in [-0.4, -0.2) is 37.5 Å². The molecular formula is C27H25BrF2N2O6S. The Morgan fingerprint density at radius 1 is 1.18 bits per heavy atom. The number of benzene rings is 2. The molecule has 0 saturated carbocycles. The van der Waals surface area contributed by atoms with E-state index in [4.69, 9.17) is 14.2 Å². The number of thiazole rings is 1. The molecule has 39 heavy (non-hydrogen) atoms. The number of halogens is 3. The molecule has 2 aromatic carbocycles. The number of methoxy groups -OCH3 is 1. The summed E-state index contributed by atoms with van der Waals surface area (Å²) in [6, 6.07) is 8.50. The monoisotopic (exact) mass is 622 g/mol. The highest BCUT2D eigenvalue weighted by atomic mass is 79.9. The second-order valence-corrected chi connectivity index (χ2v) is 10.1. The van der Waals surface area contributed by atoms with Gasteiger partial charge in [-0.05, 0) is 62.2 Å². The van der Waals surface area contributed by atoms with Crippen LogP contribution in [0.2, 0.25) is 0 Å². The van der Waals surface area contributed by atoms with E-state index in [2.05, 4.69) is 25.7 Å². The molecule has 0 amide bonds. The van der Waals surface area contributed by atoms with Crippen molar-refractivity contribution >= 4 is 39.3 Å². The van der Waals surface area contributed by atoms with Gasteiger partial charge in [-0.1, -0.05) is 39.4 Å². The summed E-state index contributed by atoms with van der Waals surface area (Å²) in [4.78, 5) is 31.9. The molecule has 0 fully saturated rings. The minimum Gasteiger partial charge on any atom is -0.493 e. The highest BCUT2D eigenvalue weighted by Gasteiger charge is 2.35. The zero-order valence-corrected chi connectivity index (χ0v) is 23.9. The van der Waals surface area contributed by atoms with Gasteiger partial charge in [0.25, 0.3) is 5.56 Å². The molecule has 1 atom stereocenters. The quantitative estimate of drug-likeness (QED) is 0.325. The van der Waals surface area contributed by atoms with Gasteiger partial charge in [0.1, 0.15) is 5.75 Å². The molecule has 4 rings (SSSR count). The fourth-order valence-electron chi connectivity index (χ4n) is 4.17. The Kier molecular flexibility index (Phi) is 8.86. The number of hydrogen-bond acceptors (Lipinski definition) is 8. The van der Waals surface area contributed by atoms with Crippen LogP contribution in [0.15, 0.2) is 61.9 Å². The van der Waals surface area contributed by atoms with Crippen LogP contribution in [0.25, 0.3) is 6.08 Å². The number of carbonyl (C=O) groups excluding carboxylic acids is 1. The molecule has 2 heterocycles. The zero-order chi connectivity index (χ0) is 28.3. The van der Waals surface area contributed by atoms with E-state index in [-0.39, 0.29) is 23.5 Å². The molecule has 1 aromatic heterocycles. The van der Waals surface area contributed by atoms with Gasteiger partial charge in [0, 0.05) is 4.47 Å². The van der Waals surface area contributed by atoms with E-state index in [0.29, 0.717) is 48.7 Å². The van der Waals surface area contributed by atoms with Crippen LogP contribution in [0.1, 0.15) is 37.9 Å². The van der Waals surface area contributed by atoms with Gasteiger partial charge < -0.3 is 18.9 Å². The highest BCUT2D eigenvalue weighted by Crippen LogP contribution is 2.41. The van der Waals surface area contributed by atoms with Crippen molar-refractivity contribution in [3.8, 4) is 17.2 Å². The number of hydrogen-bond donors (Lipinski definition) is 0. The van der Waals surface area contributed by atoms with Crippen LogP contribution in [0.5, 0.6) is 17.2 Å². The zero-order valence-electron chi connectivity index (χ0n) is 21.5. The van der Waals surface area contributed by atoms with Crippen molar-refractivity contribution in [1.29, 1.82) is 0 Å². The first-order valence-corrected chi connectivity index (χ1v) is 13.5. The summed E-state index contributed by atoms with van der Waals surface area (Å²) >= 11 is 4.73. The molecule has 1 aliphatic rings. The number of ether oxygens (including phenoxy) is 4. The Hall–Kier alpha value is -3.51. The first-order valence-electron chi connectivity index (χ1n) is 11.9. The lowest BCUT2D eigenvalue weighted by atomic mass is 9.95. The maximum absolute atomic E-state index is 13.8. The second-order valence-electron chi connectivity index (χ2n) is 8.21. The van der Waals surface area contributed by atoms with Crippen LogP contribution in [0.4, 0.5) is 8.78 Å². The van der Waals surface area contributed by atoms with Crippen molar-refractivity contribution in [2.45, 2.75) is 33.4 Å². The molecule has 206 valence electrons. The molecule has 1 aliphatic heterocycles. The molecule has 0 aliphatic carbocycles. The highest BCUT2D eigenvalue weighted by molar-refractivity contribution is 9.10. The van der Waals surface area contributed by atoms with Gasteiger partial charge in [-0.2, -0.15) is 8.78 Å². The van der Waals surface area contributed by atoms with Crippen molar-refractivity contribution < 1.29 is 32.5 Å². The van der Waals surface area contributed by atoms with Gasteiger partial charge in [-0.25, -0.2) is 9.79 Å². The summed E-state index contributed by atoms with van der Waals surface area (Å²) in [7, 11) is 1.52. The maximum atomic E-state index is 13.8. The van der Waals surface area contributed by atoms with E-state index >= 15 is 0 Å². The topological polar surface area (TPSA) is 88.4 Å². The molecule has 12 heteroatoms. The first-order chi connectivity index (χ1) is 18.7. The van der Waals surface area contributed by atoms with Crippen molar-refractivity contribution in [3.63, 3.8) is 0 Å². The summed E-state index contributed by atoms with van der Waals surface area (Å²) in [5.74, 6) is 0.350. The minimum atomic E-state index is -2.93. The standard InChI is InChI=1S/C27H25BrF2N2O6S/c1-5-36-20-12-17(18(28)13-19(20)35-4)23-22(25(34)37-6-2)14(3)31-27-32(23)24(33)21(39-27)11-15-7-9-16(10-8-15)38-26(29)30/h7-13,23,26H,5-6H2,1-4H3/b21-11+/t23-/m1/s1. The third-order valence-electron chi connectivity index (χ3n) is 5.80. The summed E-state index contributed by atoms with van der Waals surface area (Å²) in [5, 5.41) is 0. The molecule has 0 unspecified atom stereocenters. The van der Waals surface area contributed by atoms with E-state index in [1.165, 1.54) is 23.8 Å². The maximum Gasteiger partial charge on any atom is 0.387 e. The Morgan fingerprint density at radius 3 is 2.51 bits per heavy atom. The number of rotatable bonds is 9. The summed E-state index contributed by atoms with van der Waals surface area (Å²) in [5.41, 5.74) is 1.44. The predicted molar refractivity (Wildman–Crippen MR) is 145 cm³/mol. The molecule has 0 saturated heterocycles. The van der Waals surface area contributed by atoms with Crippen LogP contribution in [0.3, 0.4) is 0 Å². The fourth-order valence-corrected chi connectivity index (χ4v) is 5.76. The van der Waals surface area contributed by atoms with Crippen molar-refractivity contribution in [2.24, 2.45) is 4.99 Å². The second kappa shape index (κ2) is 12.1. The molecule has 3 aromatic rings. The van der Waals surface area contributed by atoms with Gasteiger partial charge in [-0.15, -0.1) is 0 Å². The summed E-state index contributed by atoms with van der Waals surface area (Å²) in [6.07, 6.45) is 1.63. The van der Waals surface area contributed by atoms with Crippen molar-refractivity contribution in [3.05, 3.63) is 83.0 Å². The van der Waals surface area contributed by atoms with Crippen LogP contribution in [-0.2, 0) is 9.53 Å². The number of carbonyl (C=O) groups is 1. The molecule has 0 radical (unpaired) electrons. The van der Waals surface area contributed by atoms with Crippen LogP contribution < -0.4 is 29.1 Å². The normalized spacial score (nSPS) is 15.2. The molecule has 0 spiro atoms. The van der Waals surface area contributed by atoms with Crippen molar-refractivity contribution in [2.75, 3.05) is 20.3 Å². The lowest BCUT2D eigenvalue weighted by molar-refractivity contribution is -0.139. The molecule has 0 N–H and O–H groups in total. The van der Waals surface area contributed by atoms with Gasteiger partial charge in [-0.3, -0.25) is 9.36 Å².